The molecular weight excluding hydrogens is 365 g/mol. The number of benzene rings is 2. The second-order valence-electron chi connectivity index (χ2n) is 7.62. The van der Waals surface area contributed by atoms with Crippen molar-refractivity contribution in [2.24, 2.45) is 0 Å². The summed E-state index contributed by atoms with van der Waals surface area (Å²) in [4.78, 5) is 2.20. The van der Waals surface area contributed by atoms with Gasteiger partial charge < -0.3 is 9.64 Å². The molecule has 2 aliphatic rings. The van der Waals surface area contributed by atoms with Gasteiger partial charge in [-0.15, -0.1) is 0 Å². The Morgan fingerprint density at radius 1 is 1.14 bits per heavy atom. The van der Waals surface area contributed by atoms with Crippen molar-refractivity contribution in [1.82, 2.24) is 4.57 Å². The van der Waals surface area contributed by atoms with E-state index in [0.29, 0.717) is 0 Å². The number of hydrogen-bond donors (Lipinski definition) is 0. The van der Waals surface area contributed by atoms with Crippen LogP contribution in [0.15, 0.2) is 54.4 Å². The number of imidazole rings is 1. The van der Waals surface area contributed by atoms with Crippen LogP contribution in [0, 0.1) is 12.7 Å². The van der Waals surface area contributed by atoms with Gasteiger partial charge in [0.15, 0.2) is 16.8 Å². The topological polar surface area (TPSA) is 21.3 Å². The van der Waals surface area contributed by atoms with E-state index in [-0.39, 0.29) is 5.82 Å². The van der Waals surface area contributed by atoms with E-state index in [2.05, 4.69) is 59.1 Å². The van der Waals surface area contributed by atoms with Gasteiger partial charge >= 0.3 is 0 Å². The Bertz CT molecular complexity index is 1190. The quantitative estimate of drug-likeness (QED) is 0.591. The molecule has 5 rings (SSSR count). The van der Waals surface area contributed by atoms with Crippen LogP contribution < -0.4 is 14.2 Å². The molecule has 0 bridgehead atoms. The summed E-state index contributed by atoms with van der Waals surface area (Å²) in [6.45, 7) is 8.93. The second-order valence-corrected chi connectivity index (χ2v) is 7.62. The highest BCUT2D eigenvalue weighted by atomic mass is 19.1. The lowest BCUT2D eigenvalue weighted by Gasteiger charge is -2.15. The molecule has 0 amide bonds. The Labute approximate surface area is 170 Å². The minimum absolute atomic E-state index is 0.188. The van der Waals surface area contributed by atoms with Gasteiger partial charge in [-0.1, -0.05) is 6.07 Å². The molecule has 148 valence electrons. The van der Waals surface area contributed by atoms with Gasteiger partial charge in [-0.25, -0.2) is 13.5 Å². The molecule has 0 radical (unpaired) electrons. The number of rotatable bonds is 3. The first-order chi connectivity index (χ1) is 14.1. The molecule has 0 atom stereocenters. The number of fused-ring (bicyclic) bond motifs is 4. The SMILES string of the molecule is CCN1/C(=C/C=C2/CCn3c2[n+](CC)c2ccc(F)cc23)Oc2ccc(C)cc21. The Hall–Kier alpha value is -3.08. The van der Waals surface area contributed by atoms with Crippen molar-refractivity contribution in [1.29, 1.82) is 0 Å². The molecule has 1 aromatic heterocycles. The molecule has 0 spiro atoms. The minimum Gasteiger partial charge on any atom is -0.439 e. The zero-order valence-corrected chi connectivity index (χ0v) is 17.1. The van der Waals surface area contributed by atoms with Crippen molar-refractivity contribution in [2.75, 3.05) is 11.4 Å². The van der Waals surface area contributed by atoms with Gasteiger partial charge in [0.05, 0.1) is 18.8 Å². The molecule has 0 unspecified atom stereocenters. The normalized spacial score (nSPS) is 18.0. The number of aromatic nitrogens is 2. The van der Waals surface area contributed by atoms with Gasteiger partial charge in [0.1, 0.15) is 5.82 Å². The van der Waals surface area contributed by atoms with Gasteiger partial charge in [-0.05, 0) is 62.8 Å². The Kier molecular flexibility index (Phi) is 4.19. The lowest BCUT2D eigenvalue weighted by atomic mass is 10.2. The van der Waals surface area contributed by atoms with Crippen LogP contribution in [0.25, 0.3) is 16.6 Å². The first-order valence-electron chi connectivity index (χ1n) is 10.3. The summed E-state index contributed by atoms with van der Waals surface area (Å²) < 4.78 is 24.5. The number of nitrogens with zero attached hydrogens (tertiary/aromatic N) is 3. The highest BCUT2D eigenvalue weighted by Crippen LogP contribution is 2.39. The summed E-state index contributed by atoms with van der Waals surface area (Å²) in [6, 6.07) is 11.3. The van der Waals surface area contributed by atoms with Crippen molar-refractivity contribution in [3.63, 3.8) is 0 Å². The largest absolute Gasteiger partial charge is 0.439 e. The summed E-state index contributed by atoms with van der Waals surface area (Å²) >= 11 is 0. The predicted molar refractivity (Wildman–Crippen MR) is 113 cm³/mol. The van der Waals surface area contributed by atoms with Gasteiger partial charge in [-0.2, -0.15) is 0 Å². The number of halogens is 1. The molecule has 2 aromatic carbocycles. The predicted octanol–water partition coefficient (Wildman–Crippen LogP) is 4.94. The fraction of sp³-hybridized carbons (Fsp3) is 0.292. The Balaban J connectivity index is 1.57. The minimum atomic E-state index is -0.188. The van der Waals surface area contributed by atoms with E-state index >= 15 is 0 Å². The molecule has 4 nitrogen and oxygen atoms in total. The van der Waals surface area contributed by atoms with E-state index in [1.54, 1.807) is 12.1 Å². The molecule has 0 saturated heterocycles. The Morgan fingerprint density at radius 2 is 2.00 bits per heavy atom. The molecule has 0 saturated carbocycles. The van der Waals surface area contributed by atoms with Crippen LogP contribution in [0.4, 0.5) is 10.1 Å². The van der Waals surface area contributed by atoms with E-state index in [1.807, 2.05) is 12.1 Å². The summed E-state index contributed by atoms with van der Waals surface area (Å²) in [6.07, 6.45) is 5.17. The molecule has 0 aliphatic carbocycles. The lowest BCUT2D eigenvalue weighted by molar-refractivity contribution is -0.670. The average Bonchev–Trinajstić information content (AvgIpc) is 3.36. The smallest absolute Gasteiger partial charge is 0.285 e. The van der Waals surface area contributed by atoms with Gasteiger partial charge in [-0.3, -0.25) is 0 Å². The lowest BCUT2D eigenvalue weighted by Crippen LogP contribution is -2.35. The maximum atomic E-state index is 13.8. The third-order valence-corrected chi connectivity index (χ3v) is 5.87. The van der Waals surface area contributed by atoms with Crippen LogP contribution in [0.2, 0.25) is 0 Å². The molecule has 29 heavy (non-hydrogen) atoms. The average molecular weight is 390 g/mol. The van der Waals surface area contributed by atoms with E-state index in [1.165, 1.54) is 17.0 Å². The van der Waals surface area contributed by atoms with Gasteiger partial charge in [0.2, 0.25) is 5.88 Å². The zero-order chi connectivity index (χ0) is 20.1. The van der Waals surface area contributed by atoms with E-state index in [4.69, 9.17) is 4.74 Å². The van der Waals surface area contributed by atoms with Crippen molar-refractivity contribution >= 4 is 22.3 Å². The molecule has 3 heterocycles. The highest BCUT2D eigenvalue weighted by molar-refractivity contribution is 5.78. The van der Waals surface area contributed by atoms with E-state index in [0.717, 1.165) is 54.4 Å². The van der Waals surface area contributed by atoms with Crippen LogP contribution in [-0.4, -0.2) is 11.1 Å². The number of hydrogen-bond acceptors (Lipinski definition) is 2. The fourth-order valence-electron chi connectivity index (χ4n) is 4.54. The van der Waals surface area contributed by atoms with Crippen molar-refractivity contribution in [3.8, 4) is 5.75 Å². The van der Waals surface area contributed by atoms with Crippen LogP contribution in [0.3, 0.4) is 0 Å². The van der Waals surface area contributed by atoms with E-state index in [9.17, 15) is 4.39 Å². The standard InChI is InChI=1S/C24H25FN3O/c1-4-26-21-14-16(3)6-10-22(21)29-23(26)11-7-17-12-13-28-20-15-18(25)8-9-19(20)27(5-2)24(17)28/h6-11,14-15H,4-5,12-13H2,1-3H3/q+1. The number of allylic oxidation sites excluding steroid dienone is 3. The van der Waals surface area contributed by atoms with Crippen molar-refractivity contribution in [2.45, 2.75) is 40.3 Å². The molecule has 2 aliphatic heterocycles. The zero-order valence-electron chi connectivity index (χ0n) is 17.1. The molecular formula is C24H25FN3O+. The maximum Gasteiger partial charge on any atom is 0.285 e. The molecule has 3 aromatic rings. The van der Waals surface area contributed by atoms with Crippen LogP contribution in [0.1, 0.15) is 31.7 Å². The number of anilines is 1. The fourth-order valence-corrected chi connectivity index (χ4v) is 4.54. The summed E-state index contributed by atoms with van der Waals surface area (Å²) in [5.74, 6) is 2.73. The van der Waals surface area contributed by atoms with Gasteiger partial charge in [0, 0.05) is 24.6 Å². The summed E-state index contributed by atoms with van der Waals surface area (Å²) in [5, 5.41) is 0. The number of ether oxygens (including phenoxy) is 1. The van der Waals surface area contributed by atoms with E-state index < -0.39 is 0 Å². The number of aryl methyl sites for hydroxylation is 3. The van der Waals surface area contributed by atoms with Crippen molar-refractivity contribution in [3.05, 3.63) is 71.6 Å². The first-order valence-corrected chi connectivity index (χ1v) is 10.3. The van der Waals surface area contributed by atoms with Crippen molar-refractivity contribution < 1.29 is 13.7 Å². The second kappa shape index (κ2) is 6.76. The maximum absolute atomic E-state index is 13.8. The Morgan fingerprint density at radius 3 is 2.79 bits per heavy atom. The third kappa shape index (κ3) is 2.76. The van der Waals surface area contributed by atoms with Gasteiger partial charge in [0.25, 0.3) is 5.82 Å². The first kappa shape index (κ1) is 18.0. The highest BCUT2D eigenvalue weighted by Gasteiger charge is 2.32. The molecule has 0 N–H and O–H groups in total. The van der Waals surface area contributed by atoms with Crippen LogP contribution in [0.5, 0.6) is 5.75 Å². The summed E-state index contributed by atoms with van der Waals surface area (Å²) in [7, 11) is 0. The van der Waals surface area contributed by atoms with Crippen LogP contribution >= 0.6 is 0 Å². The van der Waals surface area contributed by atoms with Crippen LogP contribution in [-0.2, 0) is 13.1 Å². The molecule has 5 heteroatoms. The summed E-state index contributed by atoms with van der Waals surface area (Å²) in [5.41, 5.74) is 5.65. The molecule has 0 fully saturated rings. The monoisotopic (exact) mass is 390 g/mol. The third-order valence-electron chi connectivity index (χ3n) is 5.87.